The lowest BCUT2D eigenvalue weighted by Gasteiger charge is -2.29. The van der Waals surface area contributed by atoms with Gasteiger partial charge in [0.2, 0.25) is 10.0 Å². The predicted octanol–water partition coefficient (Wildman–Crippen LogP) is 3.20. The topological polar surface area (TPSA) is 64.6 Å². The highest BCUT2D eigenvalue weighted by Crippen LogP contribution is 2.26. The third-order valence-electron chi connectivity index (χ3n) is 3.88. The summed E-state index contributed by atoms with van der Waals surface area (Å²) in [7, 11) is -1.97. The number of ether oxygens (including phenoxy) is 2. The lowest BCUT2D eigenvalue weighted by Crippen LogP contribution is -2.41. The molecule has 0 aliphatic heterocycles. The molecule has 25 heavy (non-hydrogen) atoms. The van der Waals surface area contributed by atoms with E-state index in [0.717, 1.165) is 5.56 Å². The molecule has 0 heterocycles. The number of rotatable bonds is 9. The number of sulfonamides is 1. The van der Waals surface area contributed by atoms with Gasteiger partial charge in [0.15, 0.2) is 0 Å². The van der Waals surface area contributed by atoms with Gasteiger partial charge >= 0.3 is 0 Å². The van der Waals surface area contributed by atoms with E-state index < -0.39 is 15.6 Å². The highest BCUT2D eigenvalue weighted by atomic mass is 35.5. The maximum Gasteiger partial charge on any atom is 0.215 e. The van der Waals surface area contributed by atoms with Crippen LogP contribution in [0.15, 0.2) is 54.6 Å². The zero-order valence-corrected chi connectivity index (χ0v) is 15.8. The number of hydrogen-bond donors (Lipinski definition) is 1. The quantitative estimate of drug-likeness (QED) is 0.722. The highest BCUT2D eigenvalue weighted by molar-refractivity contribution is 7.89. The van der Waals surface area contributed by atoms with Gasteiger partial charge in [-0.25, -0.2) is 13.1 Å². The van der Waals surface area contributed by atoms with Crippen LogP contribution >= 0.6 is 11.6 Å². The molecule has 5 nitrogen and oxygen atoms in total. The van der Waals surface area contributed by atoms with Crippen LogP contribution in [0.3, 0.4) is 0 Å². The van der Waals surface area contributed by atoms with Gasteiger partial charge in [0, 0.05) is 18.7 Å². The normalized spacial score (nSPS) is 14.0. The molecule has 0 radical (unpaired) electrons. The fourth-order valence-corrected chi connectivity index (χ4v) is 3.35. The molecule has 0 amide bonds. The molecule has 0 aliphatic rings. The Labute approximate surface area is 154 Å². The highest BCUT2D eigenvalue weighted by Gasteiger charge is 2.28. The minimum absolute atomic E-state index is 0.0697. The molecule has 0 fully saturated rings. The van der Waals surface area contributed by atoms with Gasteiger partial charge < -0.3 is 9.47 Å². The zero-order chi connectivity index (χ0) is 18.3. The van der Waals surface area contributed by atoms with E-state index in [2.05, 4.69) is 4.72 Å². The smallest absolute Gasteiger partial charge is 0.215 e. The molecule has 1 atom stereocenters. The van der Waals surface area contributed by atoms with Crippen molar-refractivity contribution in [3.05, 3.63) is 65.2 Å². The molecule has 2 aromatic rings. The van der Waals surface area contributed by atoms with Gasteiger partial charge in [-0.3, -0.25) is 0 Å². The summed E-state index contributed by atoms with van der Waals surface area (Å²) in [5.74, 6) is 0.496. The maximum atomic E-state index is 12.2. The van der Waals surface area contributed by atoms with Gasteiger partial charge in [0.1, 0.15) is 18.0 Å². The average Bonchev–Trinajstić information content (AvgIpc) is 2.60. The second-order valence-corrected chi connectivity index (χ2v) is 8.11. The summed E-state index contributed by atoms with van der Waals surface area (Å²) in [5.41, 5.74) is -0.0242. The van der Waals surface area contributed by atoms with E-state index in [-0.39, 0.29) is 18.9 Å². The predicted molar refractivity (Wildman–Crippen MR) is 99.5 cm³/mol. The number of nitrogens with one attached hydrogen (secondary N) is 1. The van der Waals surface area contributed by atoms with Crippen LogP contribution in [-0.2, 0) is 20.4 Å². The molecule has 0 saturated heterocycles. The van der Waals surface area contributed by atoms with Gasteiger partial charge in [-0.05, 0) is 36.8 Å². The molecule has 2 aromatic carbocycles. The second kappa shape index (κ2) is 8.67. The Kier molecular flexibility index (Phi) is 6.84. The van der Waals surface area contributed by atoms with Crippen LogP contribution in [-0.4, -0.2) is 34.4 Å². The minimum Gasteiger partial charge on any atom is -0.492 e. The Morgan fingerprint density at radius 3 is 2.48 bits per heavy atom. The number of methoxy groups -OCH3 is 1. The van der Waals surface area contributed by atoms with Crippen LogP contribution in [0.25, 0.3) is 0 Å². The third kappa shape index (κ3) is 6.01. The summed E-state index contributed by atoms with van der Waals surface area (Å²) in [6.45, 7) is 1.97. The molecule has 1 N–H and O–H groups in total. The second-order valence-electron chi connectivity index (χ2n) is 5.75. The number of halogens is 1. The van der Waals surface area contributed by atoms with E-state index in [1.54, 1.807) is 30.3 Å². The van der Waals surface area contributed by atoms with Crippen LogP contribution in [0.5, 0.6) is 5.75 Å². The van der Waals surface area contributed by atoms with Crippen molar-refractivity contribution in [3.8, 4) is 5.75 Å². The minimum atomic E-state index is -3.50. The van der Waals surface area contributed by atoms with Gasteiger partial charge in [-0.2, -0.15) is 0 Å². The first-order valence-corrected chi connectivity index (χ1v) is 9.84. The van der Waals surface area contributed by atoms with Gasteiger partial charge in [-0.15, -0.1) is 0 Å². The average molecular weight is 384 g/mol. The molecule has 0 saturated carbocycles. The van der Waals surface area contributed by atoms with Crippen LogP contribution < -0.4 is 9.46 Å². The van der Waals surface area contributed by atoms with E-state index in [0.29, 0.717) is 10.8 Å². The first kappa shape index (κ1) is 19.7. The van der Waals surface area contributed by atoms with Crippen molar-refractivity contribution >= 4 is 21.6 Å². The molecular weight excluding hydrogens is 362 g/mol. The lowest BCUT2D eigenvalue weighted by atomic mass is 9.96. The largest absolute Gasteiger partial charge is 0.492 e. The molecule has 7 heteroatoms. The van der Waals surface area contributed by atoms with Gasteiger partial charge in [-0.1, -0.05) is 41.9 Å². The van der Waals surface area contributed by atoms with E-state index in [4.69, 9.17) is 21.1 Å². The van der Waals surface area contributed by atoms with Crippen molar-refractivity contribution in [2.24, 2.45) is 0 Å². The van der Waals surface area contributed by atoms with Crippen molar-refractivity contribution in [1.82, 2.24) is 4.72 Å². The number of benzene rings is 2. The van der Waals surface area contributed by atoms with E-state index in [1.165, 1.54) is 7.11 Å². The zero-order valence-electron chi connectivity index (χ0n) is 14.2. The summed E-state index contributed by atoms with van der Waals surface area (Å²) in [5, 5.41) is 0.569. The van der Waals surface area contributed by atoms with Gasteiger partial charge in [0.25, 0.3) is 0 Å². The van der Waals surface area contributed by atoms with Crippen LogP contribution in [0.2, 0.25) is 5.02 Å². The number of hydrogen-bond acceptors (Lipinski definition) is 4. The van der Waals surface area contributed by atoms with E-state index in [9.17, 15) is 8.42 Å². The number of para-hydroxylation sites is 1. The van der Waals surface area contributed by atoms with Crippen LogP contribution in [0, 0.1) is 0 Å². The molecular formula is C18H22ClNO4S. The first-order valence-electron chi connectivity index (χ1n) is 7.81. The SMILES string of the molecule is COC(C)(CNS(=O)(=O)CCOc1ccccc1)c1cccc(Cl)c1. The molecule has 1 unspecified atom stereocenters. The van der Waals surface area contributed by atoms with Crippen molar-refractivity contribution in [2.45, 2.75) is 12.5 Å². The van der Waals surface area contributed by atoms with Crippen LogP contribution in [0.1, 0.15) is 12.5 Å². The first-order chi connectivity index (χ1) is 11.8. The summed E-state index contributed by atoms with van der Waals surface area (Å²) >= 11 is 6.01. The fourth-order valence-electron chi connectivity index (χ4n) is 2.22. The molecule has 136 valence electrons. The van der Waals surface area contributed by atoms with Crippen LogP contribution in [0.4, 0.5) is 0 Å². The summed E-state index contributed by atoms with van der Waals surface area (Å²) in [6, 6.07) is 16.3. The van der Waals surface area contributed by atoms with E-state index >= 15 is 0 Å². The molecule has 0 aromatic heterocycles. The van der Waals surface area contributed by atoms with Crippen molar-refractivity contribution in [3.63, 3.8) is 0 Å². The Bertz CT molecular complexity index is 783. The fraction of sp³-hybridized carbons (Fsp3) is 0.333. The maximum absolute atomic E-state index is 12.2. The molecule has 0 spiro atoms. The van der Waals surface area contributed by atoms with Crippen molar-refractivity contribution in [2.75, 3.05) is 26.0 Å². The molecule has 2 rings (SSSR count). The van der Waals surface area contributed by atoms with Crippen molar-refractivity contribution < 1.29 is 17.9 Å². The van der Waals surface area contributed by atoms with E-state index in [1.807, 2.05) is 31.2 Å². The Balaban J connectivity index is 1.93. The Hall–Kier alpha value is -1.60. The third-order valence-corrected chi connectivity index (χ3v) is 5.40. The lowest BCUT2D eigenvalue weighted by molar-refractivity contribution is 0.00697. The Morgan fingerprint density at radius 2 is 1.84 bits per heavy atom. The summed E-state index contributed by atoms with van der Waals surface area (Å²) in [6.07, 6.45) is 0. The van der Waals surface area contributed by atoms with Gasteiger partial charge in [0.05, 0.1) is 5.75 Å². The molecule has 0 bridgehead atoms. The summed E-state index contributed by atoms with van der Waals surface area (Å²) < 4.78 is 38.0. The summed E-state index contributed by atoms with van der Waals surface area (Å²) in [4.78, 5) is 0. The monoisotopic (exact) mass is 383 g/mol. The standard InChI is InChI=1S/C18H22ClNO4S/c1-18(23-2,15-7-6-8-16(19)13-15)14-20-25(21,22)12-11-24-17-9-4-3-5-10-17/h3-10,13,20H,11-12,14H2,1-2H3. The molecule has 0 aliphatic carbocycles. The van der Waals surface area contributed by atoms with Crippen molar-refractivity contribution in [1.29, 1.82) is 0 Å². The Morgan fingerprint density at radius 1 is 1.12 bits per heavy atom.